The number of aryl methyl sites for hydroxylation is 1. The van der Waals surface area contributed by atoms with E-state index in [0.717, 1.165) is 17.8 Å². The number of para-hydroxylation sites is 1. The molecule has 1 saturated heterocycles. The van der Waals surface area contributed by atoms with E-state index in [4.69, 9.17) is 4.74 Å². The van der Waals surface area contributed by atoms with Gasteiger partial charge in [-0.15, -0.1) is 0 Å². The number of benzene rings is 2. The van der Waals surface area contributed by atoms with E-state index in [1.165, 1.54) is 12.1 Å². The Morgan fingerprint density at radius 2 is 2.04 bits per heavy atom. The number of nitrogens with zero attached hydrogens (tertiary/aromatic N) is 3. The van der Waals surface area contributed by atoms with E-state index < -0.39 is 22.7 Å². The van der Waals surface area contributed by atoms with Gasteiger partial charge in [-0.3, -0.25) is 10.1 Å². The van der Waals surface area contributed by atoms with Gasteiger partial charge in [-0.1, -0.05) is 18.2 Å². The average molecular weight is 385 g/mol. The summed E-state index contributed by atoms with van der Waals surface area (Å²) in [6.07, 6.45) is -0.439. The first-order valence-electron chi connectivity index (χ1n) is 8.80. The van der Waals surface area contributed by atoms with E-state index in [2.05, 4.69) is 4.98 Å². The van der Waals surface area contributed by atoms with Crippen LogP contribution in [-0.4, -0.2) is 29.6 Å². The minimum absolute atomic E-state index is 0.0483. The largest absolute Gasteiger partial charge is 0.370 e. The summed E-state index contributed by atoms with van der Waals surface area (Å²) < 4.78 is 32.6. The summed E-state index contributed by atoms with van der Waals surface area (Å²) >= 11 is 0. The molecule has 0 saturated carbocycles. The Balaban J connectivity index is 1.74. The fourth-order valence-corrected chi connectivity index (χ4v) is 3.53. The summed E-state index contributed by atoms with van der Waals surface area (Å²) in [5.41, 5.74) is 2.30. The molecule has 0 spiro atoms. The van der Waals surface area contributed by atoms with Crippen LogP contribution in [0.25, 0.3) is 10.9 Å². The number of pyridine rings is 1. The molecule has 0 bridgehead atoms. The van der Waals surface area contributed by atoms with Gasteiger partial charge >= 0.3 is 0 Å². The molecule has 0 amide bonds. The van der Waals surface area contributed by atoms with E-state index in [0.29, 0.717) is 41.9 Å². The zero-order valence-corrected chi connectivity index (χ0v) is 15.1. The minimum atomic E-state index is -0.918. The molecule has 144 valence electrons. The topological polar surface area (TPSA) is 68.5 Å². The molecular weight excluding hydrogens is 368 g/mol. The lowest BCUT2D eigenvalue weighted by atomic mass is 10.1. The quantitative estimate of drug-likeness (QED) is 0.496. The number of hydrogen-bond acceptors (Lipinski definition) is 5. The van der Waals surface area contributed by atoms with Crippen LogP contribution < -0.4 is 4.90 Å². The summed E-state index contributed by atoms with van der Waals surface area (Å²) in [6.45, 7) is 3.15. The van der Waals surface area contributed by atoms with Gasteiger partial charge in [-0.05, 0) is 30.7 Å². The van der Waals surface area contributed by atoms with Crippen molar-refractivity contribution in [2.24, 2.45) is 0 Å². The number of halogens is 2. The van der Waals surface area contributed by atoms with Gasteiger partial charge in [0.05, 0.1) is 11.5 Å². The molecule has 1 aliphatic heterocycles. The van der Waals surface area contributed by atoms with Gasteiger partial charge in [-0.25, -0.2) is 13.8 Å². The number of anilines is 1. The Morgan fingerprint density at radius 3 is 2.79 bits per heavy atom. The molecule has 0 N–H and O–H groups in total. The fraction of sp³-hybridized carbons (Fsp3) is 0.250. The molecule has 1 atom stereocenters. The van der Waals surface area contributed by atoms with Gasteiger partial charge < -0.3 is 9.64 Å². The van der Waals surface area contributed by atoms with Gasteiger partial charge in [0.25, 0.3) is 5.69 Å². The highest BCUT2D eigenvalue weighted by molar-refractivity contribution is 5.97. The SMILES string of the molecule is Cc1cc(N2CCOC(c3ccc(F)c(F)c3)C2)c2cccc([N+](=O)[O-])c2n1. The third-order valence-electron chi connectivity index (χ3n) is 4.84. The standard InChI is InChI=1S/C20H17F2N3O3/c1-12-9-18(14-3-2-4-17(25(26)27)20(14)23-12)24-7-8-28-19(11-24)13-5-6-15(21)16(22)10-13/h2-6,9-10,19H,7-8,11H2,1H3. The highest BCUT2D eigenvalue weighted by Gasteiger charge is 2.26. The summed E-state index contributed by atoms with van der Waals surface area (Å²) in [4.78, 5) is 17.3. The van der Waals surface area contributed by atoms with E-state index >= 15 is 0 Å². The molecule has 1 aromatic heterocycles. The molecule has 6 nitrogen and oxygen atoms in total. The van der Waals surface area contributed by atoms with Crippen LogP contribution >= 0.6 is 0 Å². The van der Waals surface area contributed by atoms with Gasteiger partial charge in [0, 0.05) is 35.9 Å². The molecule has 8 heteroatoms. The van der Waals surface area contributed by atoms with Gasteiger partial charge in [0.15, 0.2) is 17.2 Å². The molecule has 28 heavy (non-hydrogen) atoms. The second kappa shape index (κ2) is 7.12. The number of hydrogen-bond donors (Lipinski definition) is 0. The number of fused-ring (bicyclic) bond motifs is 1. The number of ether oxygens (including phenoxy) is 1. The lowest BCUT2D eigenvalue weighted by Gasteiger charge is -2.35. The van der Waals surface area contributed by atoms with Crippen LogP contribution in [0.2, 0.25) is 0 Å². The summed E-state index contributed by atoms with van der Waals surface area (Å²) in [6, 6.07) is 10.5. The lowest BCUT2D eigenvalue weighted by Crippen LogP contribution is -2.38. The van der Waals surface area contributed by atoms with Gasteiger partial charge in [0.1, 0.15) is 6.10 Å². The minimum Gasteiger partial charge on any atom is -0.370 e. The van der Waals surface area contributed by atoms with Crippen LogP contribution in [0.4, 0.5) is 20.2 Å². The van der Waals surface area contributed by atoms with Crippen molar-refractivity contribution >= 4 is 22.3 Å². The molecule has 4 rings (SSSR count). The Bertz CT molecular complexity index is 1070. The molecule has 1 unspecified atom stereocenters. The van der Waals surface area contributed by atoms with Crippen molar-refractivity contribution in [3.63, 3.8) is 0 Å². The monoisotopic (exact) mass is 385 g/mol. The Labute approximate surface area is 159 Å². The second-order valence-corrected chi connectivity index (χ2v) is 6.69. The molecule has 3 aromatic rings. The molecule has 0 aliphatic carbocycles. The molecule has 1 fully saturated rings. The maximum atomic E-state index is 13.6. The zero-order valence-electron chi connectivity index (χ0n) is 15.1. The Hall–Kier alpha value is -3.13. The van der Waals surface area contributed by atoms with Crippen molar-refractivity contribution in [1.29, 1.82) is 0 Å². The van der Waals surface area contributed by atoms with E-state index in [1.54, 1.807) is 19.1 Å². The molecule has 2 heterocycles. The van der Waals surface area contributed by atoms with Crippen LogP contribution in [0, 0.1) is 28.7 Å². The predicted molar refractivity (Wildman–Crippen MR) is 100 cm³/mol. The molecule has 0 radical (unpaired) electrons. The maximum Gasteiger partial charge on any atom is 0.295 e. The van der Waals surface area contributed by atoms with Gasteiger partial charge in [-0.2, -0.15) is 0 Å². The van der Waals surface area contributed by atoms with Crippen LogP contribution in [0.15, 0.2) is 42.5 Å². The van der Waals surface area contributed by atoms with E-state index in [1.807, 2.05) is 11.0 Å². The van der Waals surface area contributed by atoms with Crippen molar-refractivity contribution in [3.8, 4) is 0 Å². The smallest absolute Gasteiger partial charge is 0.295 e. The van der Waals surface area contributed by atoms with Crippen LogP contribution in [0.5, 0.6) is 0 Å². The first-order valence-corrected chi connectivity index (χ1v) is 8.80. The van der Waals surface area contributed by atoms with Crippen LogP contribution in [0.3, 0.4) is 0 Å². The first kappa shape index (κ1) is 18.2. The van der Waals surface area contributed by atoms with Crippen molar-refractivity contribution in [3.05, 3.63) is 75.5 Å². The number of rotatable bonds is 3. The van der Waals surface area contributed by atoms with Crippen molar-refractivity contribution in [2.75, 3.05) is 24.6 Å². The lowest BCUT2D eigenvalue weighted by molar-refractivity contribution is -0.383. The van der Waals surface area contributed by atoms with Crippen LogP contribution in [-0.2, 0) is 4.74 Å². The Kier molecular flexibility index (Phi) is 4.64. The molecule has 2 aromatic carbocycles. The number of non-ortho nitro benzene ring substituents is 1. The average Bonchev–Trinajstić information content (AvgIpc) is 2.69. The summed E-state index contributed by atoms with van der Waals surface area (Å²) in [5.74, 6) is -1.82. The molecule has 1 aliphatic rings. The molecular formula is C20H17F2N3O3. The fourth-order valence-electron chi connectivity index (χ4n) is 3.53. The third-order valence-corrected chi connectivity index (χ3v) is 4.84. The highest BCUT2D eigenvalue weighted by atomic mass is 19.2. The number of nitro benzene ring substituents is 1. The number of nitro groups is 1. The normalized spacial score (nSPS) is 17.1. The van der Waals surface area contributed by atoms with Crippen LogP contribution in [0.1, 0.15) is 17.4 Å². The van der Waals surface area contributed by atoms with Crippen molar-refractivity contribution in [1.82, 2.24) is 4.98 Å². The predicted octanol–water partition coefficient (Wildman–Crippen LogP) is 4.31. The maximum absolute atomic E-state index is 13.6. The van der Waals surface area contributed by atoms with Crippen molar-refractivity contribution in [2.45, 2.75) is 13.0 Å². The van der Waals surface area contributed by atoms with E-state index in [9.17, 15) is 18.9 Å². The first-order chi connectivity index (χ1) is 13.4. The van der Waals surface area contributed by atoms with Crippen molar-refractivity contribution < 1.29 is 18.4 Å². The number of aromatic nitrogens is 1. The van der Waals surface area contributed by atoms with E-state index in [-0.39, 0.29) is 5.69 Å². The summed E-state index contributed by atoms with van der Waals surface area (Å²) in [5, 5.41) is 12.0. The Morgan fingerprint density at radius 1 is 1.21 bits per heavy atom. The zero-order chi connectivity index (χ0) is 19.8. The van der Waals surface area contributed by atoms with Gasteiger partial charge in [0.2, 0.25) is 0 Å². The third kappa shape index (κ3) is 3.27. The highest BCUT2D eigenvalue weighted by Crippen LogP contribution is 2.34. The summed E-state index contributed by atoms with van der Waals surface area (Å²) in [7, 11) is 0. The number of morpholine rings is 1. The second-order valence-electron chi connectivity index (χ2n) is 6.69.